The second kappa shape index (κ2) is 4.96. The number of nitrogens with zero attached hydrogens (tertiary/aromatic N) is 2. The van der Waals surface area contributed by atoms with Gasteiger partial charge in [-0.2, -0.15) is 0 Å². The minimum absolute atomic E-state index is 0.314. The molecule has 1 aliphatic carbocycles. The highest BCUT2D eigenvalue weighted by Gasteiger charge is 2.28. The van der Waals surface area contributed by atoms with Crippen LogP contribution in [-0.2, 0) is 4.74 Å². The van der Waals surface area contributed by atoms with Gasteiger partial charge in [-0.25, -0.2) is 9.97 Å². The van der Waals surface area contributed by atoms with E-state index in [-0.39, 0.29) is 0 Å². The zero-order valence-electron chi connectivity index (χ0n) is 11.6. The Hall–Kier alpha value is -1.36. The van der Waals surface area contributed by atoms with Crippen molar-refractivity contribution < 1.29 is 4.74 Å². The Kier molecular flexibility index (Phi) is 3.31. The molecule has 2 aliphatic rings. The summed E-state index contributed by atoms with van der Waals surface area (Å²) in [4.78, 5) is 9.08. The maximum absolute atomic E-state index is 6.00. The van der Waals surface area contributed by atoms with Crippen molar-refractivity contribution in [3.8, 4) is 0 Å². The molecule has 3 N–H and O–H groups in total. The highest BCUT2D eigenvalue weighted by atomic mass is 16.5. The van der Waals surface area contributed by atoms with Gasteiger partial charge >= 0.3 is 0 Å². The predicted octanol–water partition coefficient (Wildman–Crippen LogP) is 2.22. The van der Waals surface area contributed by atoms with Crippen LogP contribution in [0.25, 0.3) is 0 Å². The Morgan fingerprint density at radius 3 is 2.74 bits per heavy atom. The van der Waals surface area contributed by atoms with E-state index >= 15 is 0 Å². The van der Waals surface area contributed by atoms with Gasteiger partial charge in [-0.05, 0) is 39.5 Å². The minimum Gasteiger partial charge on any atom is -0.383 e. The summed E-state index contributed by atoms with van der Waals surface area (Å²) in [5.74, 6) is 2.95. The summed E-state index contributed by atoms with van der Waals surface area (Å²) in [6, 6.07) is 0.420. The molecule has 0 bridgehead atoms. The molecule has 5 heteroatoms. The fourth-order valence-electron chi connectivity index (χ4n) is 2.54. The molecule has 0 amide bonds. The van der Waals surface area contributed by atoms with Gasteiger partial charge < -0.3 is 15.8 Å². The standard InChI is InChI=1S/C14H22N4O/c1-8-7-11(5-6-19-8)16-13-9(2)12(15)17-14(18-13)10-3-4-10/h8,10-11H,3-7H2,1-2H3,(H3,15,16,17,18). The van der Waals surface area contributed by atoms with Gasteiger partial charge in [-0.15, -0.1) is 0 Å². The van der Waals surface area contributed by atoms with Crippen molar-refractivity contribution in [2.45, 2.75) is 57.6 Å². The number of ether oxygens (including phenoxy) is 1. The maximum Gasteiger partial charge on any atom is 0.136 e. The number of hydrogen-bond acceptors (Lipinski definition) is 5. The van der Waals surface area contributed by atoms with Gasteiger partial charge in [0.05, 0.1) is 6.10 Å². The van der Waals surface area contributed by atoms with E-state index in [4.69, 9.17) is 10.5 Å². The van der Waals surface area contributed by atoms with Crippen LogP contribution in [0.4, 0.5) is 11.6 Å². The second-order valence-electron chi connectivity index (χ2n) is 5.76. The largest absolute Gasteiger partial charge is 0.383 e. The molecular formula is C14H22N4O. The third-order valence-corrected chi connectivity index (χ3v) is 3.97. The molecule has 1 saturated carbocycles. The Balaban J connectivity index is 1.78. The molecule has 2 unspecified atom stereocenters. The van der Waals surface area contributed by atoms with E-state index in [1.807, 2.05) is 6.92 Å². The maximum atomic E-state index is 6.00. The molecule has 2 atom stereocenters. The van der Waals surface area contributed by atoms with E-state index in [0.29, 0.717) is 23.9 Å². The lowest BCUT2D eigenvalue weighted by Gasteiger charge is -2.29. The molecule has 5 nitrogen and oxygen atoms in total. The number of hydrogen-bond donors (Lipinski definition) is 2. The molecule has 2 heterocycles. The molecule has 1 saturated heterocycles. The minimum atomic E-state index is 0.314. The van der Waals surface area contributed by atoms with Crippen LogP contribution < -0.4 is 11.1 Å². The summed E-state index contributed by atoms with van der Waals surface area (Å²) in [6.07, 6.45) is 4.73. The third kappa shape index (κ3) is 2.81. The topological polar surface area (TPSA) is 73.1 Å². The highest BCUT2D eigenvalue weighted by molar-refractivity contribution is 5.55. The van der Waals surface area contributed by atoms with Gasteiger partial charge in [0, 0.05) is 24.1 Å². The van der Waals surface area contributed by atoms with Crippen molar-refractivity contribution in [1.29, 1.82) is 0 Å². The van der Waals surface area contributed by atoms with Crippen molar-refractivity contribution in [3.63, 3.8) is 0 Å². The van der Waals surface area contributed by atoms with Gasteiger partial charge in [0.15, 0.2) is 0 Å². The van der Waals surface area contributed by atoms with Crippen molar-refractivity contribution in [2.24, 2.45) is 0 Å². The number of rotatable bonds is 3. The first kappa shape index (κ1) is 12.7. The Labute approximate surface area is 114 Å². The zero-order valence-corrected chi connectivity index (χ0v) is 11.6. The summed E-state index contributed by atoms with van der Waals surface area (Å²) in [6.45, 7) is 4.91. The molecule has 0 spiro atoms. The van der Waals surface area contributed by atoms with E-state index in [2.05, 4.69) is 22.2 Å². The first-order chi connectivity index (χ1) is 9.13. The number of nitrogen functional groups attached to an aromatic ring is 1. The van der Waals surface area contributed by atoms with Crippen molar-refractivity contribution in [2.75, 3.05) is 17.7 Å². The molecule has 1 aromatic rings. The fourth-order valence-corrected chi connectivity index (χ4v) is 2.54. The lowest BCUT2D eigenvalue weighted by atomic mass is 10.0. The smallest absolute Gasteiger partial charge is 0.136 e. The van der Waals surface area contributed by atoms with Crippen LogP contribution in [0.3, 0.4) is 0 Å². The second-order valence-corrected chi connectivity index (χ2v) is 5.76. The molecule has 19 heavy (non-hydrogen) atoms. The fraction of sp³-hybridized carbons (Fsp3) is 0.714. The first-order valence-corrected chi connectivity index (χ1v) is 7.15. The number of anilines is 2. The van der Waals surface area contributed by atoms with Crippen LogP contribution >= 0.6 is 0 Å². The Bertz CT molecular complexity index is 473. The quantitative estimate of drug-likeness (QED) is 0.873. The lowest BCUT2D eigenvalue weighted by Crippen LogP contribution is -2.33. The summed E-state index contributed by atoms with van der Waals surface area (Å²) in [5.41, 5.74) is 6.97. The van der Waals surface area contributed by atoms with Gasteiger partial charge in [-0.3, -0.25) is 0 Å². The van der Waals surface area contributed by atoms with Gasteiger partial charge in [0.1, 0.15) is 17.5 Å². The zero-order chi connectivity index (χ0) is 13.4. The average molecular weight is 262 g/mol. The molecule has 1 aromatic heterocycles. The number of aromatic nitrogens is 2. The molecule has 3 rings (SSSR count). The van der Waals surface area contributed by atoms with Gasteiger partial charge in [0.2, 0.25) is 0 Å². The summed E-state index contributed by atoms with van der Waals surface area (Å²) < 4.78 is 5.57. The Morgan fingerprint density at radius 2 is 2.05 bits per heavy atom. The first-order valence-electron chi connectivity index (χ1n) is 7.15. The highest BCUT2D eigenvalue weighted by Crippen LogP contribution is 2.39. The van der Waals surface area contributed by atoms with Crippen LogP contribution in [0.2, 0.25) is 0 Å². The van der Waals surface area contributed by atoms with Crippen LogP contribution in [-0.4, -0.2) is 28.7 Å². The van der Waals surface area contributed by atoms with E-state index in [1.165, 1.54) is 12.8 Å². The average Bonchev–Trinajstić information content (AvgIpc) is 3.19. The lowest BCUT2D eigenvalue weighted by molar-refractivity contribution is 0.0231. The molecular weight excluding hydrogens is 240 g/mol. The molecule has 104 valence electrons. The van der Waals surface area contributed by atoms with E-state index < -0.39 is 0 Å². The summed E-state index contributed by atoms with van der Waals surface area (Å²) >= 11 is 0. The summed E-state index contributed by atoms with van der Waals surface area (Å²) in [7, 11) is 0. The molecule has 0 radical (unpaired) electrons. The predicted molar refractivity (Wildman–Crippen MR) is 75.2 cm³/mol. The monoisotopic (exact) mass is 262 g/mol. The van der Waals surface area contributed by atoms with Crippen LogP contribution in [0.1, 0.15) is 49.9 Å². The molecule has 0 aromatic carbocycles. The molecule has 2 fully saturated rings. The van der Waals surface area contributed by atoms with E-state index in [1.54, 1.807) is 0 Å². The van der Waals surface area contributed by atoms with Crippen molar-refractivity contribution in [1.82, 2.24) is 9.97 Å². The van der Waals surface area contributed by atoms with E-state index in [0.717, 1.165) is 36.7 Å². The molecule has 1 aliphatic heterocycles. The number of nitrogens with one attached hydrogen (secondary N) is 1. The normalized spacial score (nSPS) is 27.3. The van der Waals surface area contributed by atoms with Gasteiger partial charge in [0.25, 0.3) is 0 Å². The van der Waals surface area contributed by atoms with Crippen LogP contribution in [0.5, 0.6) is 0 Å². The van der Waals surface area contributed by atoms with Crippen molar-refractivity contribution >= 4 is 11.6 Å². The van der Waals surface area contributed by atoms with Crippen LogP contribution in [0.15, 0.2) is 0 Å². The van der Waals surface area contributed by atoms with Crippen molar-refractivity contribution in [3.05, 3.63) is 11.4 Å². The van der Waals surface area contributed by atoms with Gasteiger partial charge in [-0.1, -0.05) is 0 Å². The number of nitrogens with two attached hydrogens (primary N) is 1. The Morgan fingerprint density at radius 1 is 1.26 bits per heavy atom. The summed E-state index contributed by atoms with van der Waals surface area (Å²) in [5, 5.41) is 3.53. The third-order valence-electron chi connectivity index (χ3n) is 3.97. The van der Waals surface area contributed by atoms with E-state index in [9.17, 15) is 0 Å². The SMILES string of the molecule is Cc1c(N)nc(C2CC2)nc1NC1CCOC(C)C1. The van der Waals surface area contributed by atoms with Crippen LogP contribution in [0, 0.1) is 6.92 Å².